The number of nitrogens with zero attached hydrogens (tertiary/aromatic N) is 1. The molecule has 2 aromatic rings. The zero-order valence-corrected chi connectivity index (χ0v) is 13.8. The van der Waals surface area contributed by atoms with Crippen LogP contribution in [0.4, 0.5) is 17.1 Å². The highest BCUT2D eigenvalue weighted by atomic mass is 32.2. The number of nitrogens with one attached hydrogen (secondary N) is 2. The number of anilines is 3. The lowest BCUT2D eigenvalue weighted by Crippen LogP contribution is -2.63. The number of pyridine rings is 1. The van der Waals surface area contributed by atoms with Gasteiger partial charge in [-0.15, -0.1) is 0 Å². The predicted molar refractivity (Wildman–Crippen MR) is 91.0 cm³/mol. The first-order valence-electron chi connectivity index (χ1n) is 7.27. The lowest BCUT2D eigenvalue weighted by molar-refractivity contribution is -0.134. The highest BCUT2D eigenvalue weighted by Crippen LogP contribution is 2.31. The SMILES string of the molecule is COC1(C(=O)Nc2cnccc2Nc2ccccc2)CS(=O)(=O)C1. The van der Waals surface area contributed by atoms with E-state index in [0.29, 0.717) is 11.4 Å². The van der Waals surface area contributed by atoms with Crippen molar-refractivity contribution in [1.29, 1.82) is 0 Å². The Morgan fingerprint density at radius 2 is 1.88 bits per heavy atom. The van der Waals surface area contributed by atoms with Crippen molar-refractivity contribution in [3.8, 4) is 0 Å². The maximum Gasteiger partial charge on any atom is 0.258 e. The number of rotatable bonds is 5. The van der Waals surface area contributed by atoms with Crippen LogP contribution in [0.15, 0.2) is 48.8 Å². The summed E-state index contributed by atoms with van der Waals surface area (Å²) in [5, 5.41) is 5.89. The molecule has 1 saturated heterocycles. The van der Waals surface area contributed by atoms with E-state index in [4.69, 9.17) is 4.74 Å². The zero-order chi connectivity index (χ0) is 17.2. The van der Waals surface area contributed by atoms with Gasteiger partial charge in [-0.3, -0.25) is 9.78 Å². The molecule has 1 aliphatic heterocycles. The van der Waals surface area contributed by atoms with E-state index in [1.165, 1.54) is 13.3 Å². The van der Waals surface area contributed by atoms with E-state index in [-0.39, 0.29) is 11.5 Å². The number of sulfone groups is 1. The van der Waals surface area contributed by atoms with Gasteiger partial charge in [-0.1, -0.05) is 18.2 Å². The summed E-state index contributed by atoms with van der Waals surface area (Å²) in [4.78, 5) is 16.5. The molecule has 0 bridgehead atoms. The second-order valence-corrected chi connectivity index (χ2v) is 7.66. The van der Waals surface area contributed by atoms with Gasteiger partial charge in [0.15, 0.2) is 15.4 Å². The largest absolute Gasteiger partial charge is 0.366 e. The summed E-state index contributed by atoms with van der Waals surface area (Å²) in [5.41, 5.74) is 0.621. The average molecular weight is 347 g/mol. The van der Waals surface area contributed by atoms with Crippen molar-refractivity contribution < 1.29 is 17.9 Å². The first-order valence-corrected chi connectivity index (χ1v) is 9.09. The summed E-state index contributed by atoms with van der Waals surface area (Å²) in [6, 6.07) is 11.2. The maximum atomic E-state index is 12.5. The van der Waals surface area contributed by atoms with Gasteiger partial charge in [0.05, 0.1) is 29.1 Å². The minimum absolute atomic E-state index is 0.315. The van der Waals surface area contributed by atoms with Crippen LogP contribution in [0, 0.1) is 0 Å². The third-order valence-corrected chi connectivity index (χ3v) is 5.65. The summed E-state index contributed by atoms with van der Waals surface area (Å²) in [6.45, 7) is 0. The van der Waals surface area contributed by atoms with Crippen LogP contribution in [0.25, 0.3) is 0 Å². The van der Waals surface area contributed by atoms with E-state index < -0.39 is 21.3 Å². The fourth-order valence-corrected chi connectivity index (χ4v) is 4.36. The van der Waals surface area contributed by atoms with Crippen LogP contribution < -0.4 is 10.6 Å². The standard InChI is InChI=1S/C16H17N3O4S/c1-23-16(10-24(21,22)11-16)15(20)19-14-9-17-8-7-13(14)18-12-5-3-2-4-6-12/h2-9H,10-11H2,1H3,(H,17,18)(H,19,20). The van der Waals surface area contributed by atoms with Gasteiger partial charge < -0.3 is 15.4 Å². The Morgan fingerprint density at radius 1 is 1.17 bits per heavy atom. The number of carbonyl (C=O) groups excluding carboxylic acids is 1. The Morgan fingerprint density at radius 3 is 2.50 bits per heavy atom. The molecule has 24 heavy (non-hydrogen) atoms. The molecule has 3 rings (SSSR count). The van der Waals surface area contributed by atoms with Crippen molar-refractivity contribution in [2.24, 2.45) is 0 Å². The molecule has 0 radical (unpaired) electrons. The molecule has 1 amide bonds. The van der Waals surface area contributed by atoms with Crippen molar-refractivity contribution in [3.05, 3.63) is 48.8 Å². The van der Waals surface area contributed by atoms with Crippen molar-refractivity contribution >= 4 is 32.8 Å². The summed E-state index contributed by atoms with van der Waals surface area (Å²) < 4.78 is 28.1. The van der Waals surface area contributed by atoms with Crippen molar-refractivity contribution in [2.75, 3.05) is 29.2 Å². The highest BCUT2D eigenvalue weighted by molar-refractivity contribution is 7.93. The third kappa shape index (κ3) is 3.24. The first-order chi connectivity index (χ1) is 11.4. The molecule has 1 fully saturated rings. The van der Waals surface area contributed by atoms with E-state index in [9.17, 15) is 13.2 Å². The number of methoxy groups -OCH3 is 1. The number of hydrogen-bond acceptors (Lipinski definition) is 6. The number of ether oxygens (including phenoxy) is 1. The fourth-order valence-electron chi connectivity index (χ4n) is 2.53. The van der Waals surface area contributed by atoms with Crippen LogP contribution >= 0.6 is 0 Å². The van der Waals surface area contributed by atoms with Gasteiger partial charge in [-0.25, -0.2) is 8.42 Å². The average Bonchev–Trinajstić information content (AvgIpc) is 2.55. The Balaban J connectivity index is 1.79. The van der Waals surface area contributed by atoms with Gasteiger partial charge >= 0.3 is 0 Å². The van der Waals surface area contributed by atoms with E-state index in [0.717, 1.165) is 5.69 Å². The quantitative estimate of drug-likeness (QED) is 0.852. The molecule has 2 N–H and O–H groups in total. The topological polar surface area (TPSA) is 97.4 Å². The van der Waals surface area contributed by atoms with Crippen LogP contribution in [-0.2, 0) is 19.4 Å². The number of carbonyl (C=O) groups is 1. The summed E-state index contributed by atoms with van der Waals surface area (Å²) in [7, 11) is -1.88. The zero-order valence-electron chi connectivity index (χ0n) is 13.0. The van der Waals surface area contributed by atoms with Gasteiger partial charge in [0, 0.05) is 19.0 Å². The van der Waals surface area contributed by atoms with Gasteiger partial charge in [-0.2, -0.15) is 0 Å². The van der Waals surface area contributed by atoms with Gasteiger partial charge in [0.25, 0.3) is 5.91 Å². The number of hydrogen-bond donors (Lipinski definition) is 2. The lowest BCUT2D eigenvalue weighted by Gasteiger charge is -2.37. The minimum atomic E-state index is -3.21. The maximum absolute atomic E-state index is 12.5. The van der Waals surface area contributed by atoms with Crippen molar-refractivity contribution in [2.45, 2.75) is 5.60 Å². The van der Waals surface area contributed by atoms with Crippen molar-refractivity contribution in [3.63, 3.8) is 0 Å². The van der Waals surface area contributed by atoms with Gasteiger partial charge in [-0.05, 0) is 18.2 Å². The second kappa shape index (κ2) is 6.21. The summed E-state index contributed by atoms with van der Waals surface area (Å²) in [5.74, 6) is -1.13. The molecule has 0 unspecified atom stereocenters. The molecule has 2 heterocycles. The van der Waals surface area contributed by atoms with Crippen LogP contribution in [0.5, 0.6) is 0 Å². The summed E-state index contributed by atoms with van der Waals surface area (Å²) >= 11 is 0. The van der Waals surface area contributed by atoms with Crippen molar-refractivity contribution in [1.82, 2.24) is 4.98 Å². The third-order valence-electron chi connectivity index (χ3n) is 3.83. The van der Waals surface area contributed by atoms with E-state index in [1.54, 1.807) is 12.3 Å². The second-order valence-electron chi connectivity index (χ2n) is 5.60. The number of para-hydroxylation sites is 1. The monoisotopic (exact) mass is 347 g/mol. The van der Waals surface area contributed by atoms with Crippen LogP contribution in [0.2, 0.25) is 0 Å². The lowest BCUT2D eigenvalue weighted by atomic mass is 10.1. The molecule has 0 atom stereocenters. The molecular formula is C16H17N3O4S. The minimum Gasteiger partial charge on any atom is -0.366 e. The number of benzene rings is 1. The molecule has 8 heteroatoms. The van der Waals surface area contributed by atoms with E-state index in [1.807, 2.05) is 30.3 Å². The molecule has 1 aliphatic rings. The molecule has 0 spiro atoms. The Hall–Kier alpha value is -2.45. The Kier molecular flexibility index (Phi) is 4.25. The Labute approximate surface area is 140 Å². The Bertz CT molecular complexity index is 841. The number of aromatic nitrogens is 1. The number of amides is 1. The van der Waals surface area contributed by atoms with Gasteiger partial charge in [0.2, 0.25) is 0 Å². The molecule has 0 saturated carbocycles. The van der Waals surface area contributed by atoms with E-state index >= 15 is 0 Å². The highest BCUT2D eigenvalue weighted by Gasteiger charge is 2.55. The van der Waals surface area contributed by atoms with Gasteiger partial charge in [0.1, 0.15) is 0 Å². The van der Waals surface area contributed by atoms with Crippen LogP contribution in [0.1, 0.15) is 0 Å². The molecule has 0 aliphatic carbocycles. The molecule has 126 valence electrons. The summed E-state index contributed by atoms with van der Waals surface area (Å²) in [6.07, 6.45) is 3.10. The van der Waals surface area contributed by atoms with Crippen LogP contribution in [-0.4, -0.2) is 43.5 Å². The fraction of sp³-hybridized carbons (Fsp3) is 0.250. The molecular weight excluding hydrogens is 330 g/mol. The predicted octanol–water partition coefficient (Wildman–Crippen LogP) is 1.58. The smallest absolute Gasteiger partial charge is 0.258 e. The normalized spacial score (nSPS) is 17.5. The molecule has 7 nitrogen and oxygen atoms in total. The van der Waals surface area contributed by atoms with Crippen LogP contribution in [0.3, 0.4) is 0 Å². The molecule has 1 aromatic heterocycles. The first kappa shape index (κ1) is 16.4. The van der Waals surface area contributed by atoms with E-state index in [2.05, 4.69) is 15.6 Å². The molecule has 1 aromatic carbocycles.